The highest BCUT2D eigenvalue weighted by Gasteiger charge is 2.48. The van der Waals surface area contributed by atoms with Crippen LogP contribution in [0.25, 0.3) is 11.1 Å². The predicted octanol–water partition coefficient (Wildman–Crippen LogP) is 5.14. The summed E-state index contributed by atoms with van der Waals surface area (Å²) in [5.74, 6) is -0.281. The topological polar surface area (TPSA) is 67.5 Å². The zero-order chi connectivity index (χ0) is 22.3. The summed E-state index contributed by atoms with van der Waals surface area (Å²) in [5.41, 5.74) is 1.89. The highest BCUT2D eigenvalue weighted by molar-refractivity contribution is 6.30. The van der Waals surface area contributed by atoms with Crippen LogP contribution in [0.4, 0.5) is 0 Å². The number of halogens is 1. The van der Waals surface area contributed by atoms with Crippen LogP contribution in [0.5, 0.6) is 0 Å². The van der Waals surface area contributed by atoms with Crippen molar-refractivity contribution in [1.29, 1.82) is 0 Å². The third-order valence-corrected chi connectivity index (χ3v) is 7.19. The second-order valence-corrected chi connectivity index (χ2v) is 9.68. The molecular formula is C25H28ClN3O3. The zero-order valence-corrected chi connectivity index (χ0v) is 19.0. The Balaban J connectivity index is 1.52. The summed E-state index contributed by atoms with van der Waals surface area (Å²) in [5, 5.41) is 3.89. The number of hydrogen-bond acceptors (Lipinski definition) is 3. The van der Waals surface area contributed by atoms with Gasteiger partial charge in [-0.25, -0.2) is 0 Å². The number of fused-ring (bicyclic) bond motifs is 3. The molecule has 32 heavy (non-hydrogen) atoms. The van der Waals surface area contributed by atoms with Crippen molar-refractivity contribution >= 4 is 34.5 Å². The summed E-state index contributed by atoms with van der Waals surface area (Å²) in [4.78, 5) is 29.1. The predicted molar refractivity (Wildman–Crippen MR) is 124 cm³/mol. The van der Waals surface area contributed by atoms with Crippen LogP contribution in [0, 0.1) is 0 Å². The number of nitrogens with zero attached hydrogens (tertiary/aromatic N) is 2. The van der Waals surface area contributed by atoms with Crippen molar-refractivity contribution in [2.24, 2.45) is 0 Å². The molecule has 1 fully saturated rings. The molecule has 1 aliphatic heterocycles. The smallest absolute Gasteiger partial charge is 0.271 e. The van der Waals surface area contributed by atoms with E-state index in [1.54, 1.807) is 23.3 Å². The van der Waals surface area contributed by atoms with Gasteiger partial charge in [0, 0.05) is 29.7 Å². The first-order valence-electron chi connectivity index (χ1n) is 11.4. The largest absolute Gasteiger partial charge is 0.463 e. The SMILES string of the molecule is C[C@]1(C(=O)NC2CCCCCC2)Cn2c(cc3occc32)C(=O)N1Cc1cccc(Cl)c1. The Labute approximate surface area is 192 Å². The van der Waals surface area contributed by atoms with E-state index in [9.17, 15) is 9.59 Å². The molecule has 3 heterocycles. The minimum Gasteiger partial charge on any atom is -0.463 e. The van der Waals surface area contributed by atoms with Crippen LogP contribution < -0.4 is 5.32 Å². The van der Waals surface area contributed by atoms with Crippen molar-refractivity contribution < 1.29 is 14.0 Å². The number of hydrogen-bond donors (Lipinski definition) is 1. The van der Waals surface area contributed by atoms with Crippen molar-refractivity contribution in [2.45, 2.75) is 70.1 Å². The van der Waals surface area contributed by atoms with Gasteiger partial charge in [0.15, 0.2) is 5.58 Å². The molecule has 0 saturated heterocycles. The van der Waals surface area contributed by atoms with E-state index in [0.29, 0.717) is 29.4 Å². The van der Waals surface area contributed by atoms with Crippen LogP contribution in [0.1, 0.15) is 61.5 Å². The quantitative estimate of drug-likeness (QED) is 0.556. The van der Waals surface area contributed by atoms with Gasteiger partial charge in [-0.15, -0.1) is 0 Å². The fraction of sp³-hybridized carbons (Fsp3) is 0.440. The lowest BCUT2D eigenvalue weighted by Gasteiger charge is -2.44. The first kappa shape index (κ1) is 21.1. The molecule has 7 heteroatoms. The number of nitrogens with one attached hydrogen (secondary N) is 1. The molecule has 0 radical (unpaired) electrons. The summed E-state index contributed by atoms with van der Waals surface area (Å²) in [6, 6.07) is 11.2. The third-order valence-electron chi connectivity index (χ3n) is 6.96. The number of amides is 2. The lowest BCUT2D eigenvalue weighted by atomic mass is 9.93. The lowest BCUT2D eigenvalue weighted by Crippen LogP contribution is -2.64. The third kappa shape index (κ3) is 3.71. The van der Waals surface area contributed by atoms with E-state index in [0.717, 1.165) is 36.8 Å². The molecule has 6 nitrogen and oxygen atoms in total. The van der Waals surface area contributed by atoms with Gasteiger partial charge < -0.3 is 19.2 Å². The molecule has 0 spiro atoms. The normalized spacial score (nSPS) is 22.1. The monoisotopic (exact) mass is 453 g/mol. The minimum atomic E-state index is -1.04. The average molecular weight is 454 g/mol. The average Bonchev–Trinajstić information content (AvgIpc) is 3.26. The molecule has 1 aliphatic carbocycles. The Morgan fingerprint density at radius 1 is 1.19 bits per heavy atom. The van der Waals surface area contributed by atoms with Gasteiger partial charge in [-0.3, -0.25) is 9.59 Å². The fourth-order valence-electron chi connectivity index (χ4n) is 5.10. The van der Waals surface area contributed by atoms with Gasteiger partial charge in [0.25, 0.3) is 5.91 Å². The highest BCUT2D eigenvalue weighted by atomic mass is 35.5. The summed E-state index contributed by atoms with van der Waals surface area (Å²) in [6.45, 7) is 2.55. The Morgan fingerprint density at radius 2 is 1.97 bits per heavy atom. The van der Waals surface area contributed by atoms with Crippen LogP contribution in [-0.4, -0.2) is 32.9 Å². The first-order valence-corrected chi connectivity index (χ1v) is 11.8. The van der Waals surface area contributed by atoms with Gasteiger partial charge in [-0.2, -0.15) is 0 Å². The molecule has 1 N–H and O–H groups in total. The fourth-order valence-corrected chi connectivity index (χ4v) is 5.32. The highest BCUT2D eigenvalue weighted by Crippen LogP contribution is 2.34. The summed E-state index contributed by atoms with van der Waals surface area (Å²) >= 11 is 6.20. The van der Waals surface area contributed by atoms with Gasteiger partial charge in [0.05, 0.1) is 18.3 Å². The molecule has 5 rings (SSSR count). The van der Waals surface area contributed by atoms with Gasteiger partial charge in [0.1, 0.15) is 11.2 Å². The van der Waals surface area contributed by atoms with Crippen LogP contribution in [0.3, 0.4) is 0 Å². The molecule has 1 atom stereocenters. The van der Waals surface area contributed by atoms with E-state index >= 15 is 0 Å². The number of benzene rings is 1. The maximum absolute atomic E-state index is 13.8. The minimum absolute atomic E-state index is 0.101. The second-order valence-electron chi connectivity index (χ2n) is 9.24. The molecule has 2 amide bonds. The number of rotatable bonds is 4. The van der Waals surface area contributed by atoms with E-state index in [4.69, 9.17) is 16.0 Å². The number of carbonyl (C=O) groups is 2. The lowest BCUT2D eigenvalue weighted by molar-refractivity contribution is -0.134. The molecule has 0 bridgehead atoms. The van der Waals surface area contributed by atoms with Gasteiger partial charge in [-0.05, 0) is 37.5 Å². The zero-order valence-electron chi connectivity index (χ0n) is 18.3. The molecule has 3 aromatic rings. The number of aromatic nitrogens is 1. The Morgan fingerprint density at radius 3 is 2.72 bits per heavy atom. The van der Waals surface area contributed by atoms with E-state index in [-0.39, 0.29) is 17.9 Å². The number of carbonyl (C=O) groups excluding carboxylic acids is 2. The second kappa shape index (κ2) is 8.32. The van der Waals surface area contributed by atoms with Crippen molar-refractivity contribution in [2.75, 3.05) is 0 Å². The molecule has 168 valence electrons. The molecule has 0 unspecified atom stereocenters. The first-order chi connectivity index (χ1) is 15.5. The van der Waals surface area contributed by atoms with Gasteiger partial charge >= 0.3 is 0 Å². The van der Waals surface area contributed by atoms with E-state index < -0.39 is 5.54 Å². The number of furan rings is 1. The van der Waals surface area contributed by atoms with E-state index in [1.165, 1.54) is 12.8 Å². The summed E-state index contributed by atoms with van der Waals surface area (Å²) < 4.78 is 7.46. The van der Waals surface area contributed by atoms with E-state index in [2.05, 4.69) is 5.32 Å². The standard InChI is InChI=1S/C25H28ClN3O3/c1-25(24(31)27-19-9-4-2-3-5-10-19)16-28-20-11-12-32-22(20)14-21(28)23(30)29(25)15-17-7-6-8-18(26)13-17/h6-8,11-14,19H,2-5,9-10,15-16H2,1H3,(H,27,31)/t25-/m1/s1. The maximum Gasteiger partial charge on any atom is 0.271 e. The van der Waals surface area contributed by atoms with Crippen molar-refractivity contribution in [3.05, 3.63) is 58.9 Å². The maximum atomic E-state index is 13.8. The van der Waals surface area contributed by atoms with Crippen molar-refractivity contribution in [1.82, 2.24) is 14.8 Å². The van der Waals surface area contributed by atoms with E-state index in [1.807, 2.05) is 35.8 Å². The molecule has 1 aromatic carbocycles. The van der Waals surface area contributed by atoms with Crippen LogP contribution >= 0.6 is 11.6 Å². The van der Waals surface area contributed by atoms with Crippen molar-refractivity contribution in [3.8, 4) is 0 Å². The van der Waals surface area contributed by atoms with Crippen molar-refractivity contribution in [3.63, 3.8) is 0 Å². The molecule has 1 saturated carbocycles. The van der Waals surface area contributed by atoms with Crippen LogP contribution in [0.2, 0.25) is 5.02 Å². The Bertz CT molecular complexity index is 1160. The van der Waals surface area contributed by atoms with Crippen LogP contribution in [0.15, 0.2) is 47.1 Å². The molecule has 2 aromatic heterocycles. The van der Waals surface area contributed by atoms with Gasteiger partial charge in [0.2, 0.25) is 5.91 Å². The Hall–Kier alpha value is -2.73. The van der Waals surface area contributed by atoms with Crippen LogP contribution in [-0.2, 0) is 17.9 Å². The molecular weight excluding hydrogens is 426 g/mol. The molecule has 2 aliphatic rings. The summed E-state index contributed by atoms with van der Waals surface area (Å²) in [7, 11) is 0. The Kier molecular flexibility index (Phi) is 5.49. The summed E-state index contributed by atoms with van der Waals surface area (Å²) in [6.07, 6.45) is 8.29. The van der Waals surface area contributed by atoms with Gasteiger partial charge in [-0.1, -0.05) is 49.4 Å².